The Morgan fingerprint density at radius 2 is 1.89 bits per heavy atom. The Labute approximate surface area is 156 Å². The minimum absolute atomic E-state index is 0.00341. The molecule has 3 rings (SSSR count). The van der Waals surface area contributed by atoms with E-state index in [0.717, 1.165) is 31.7 Å². The molecule has 1 amide bonds. The van der Waals surface area contributed by atoms with Crippen LogP contribution in [0.15, 0.2) is 24.3 Å². The fourth-order valence-electron chi connectivity index (χ4n) is 3.25. The molecule has 1 aromatic heterocycles. The lowest BCUT2D eigenvalue weighted by molar-refractivity contribution is 0.100. The van der Waals surface area contributed by atoms with Gasteiger partial charge < -0.3 is 22.1 Å². The lowest BCUT2D eigenvalue weighted by atomic mass is 9.91. The fourth-order valence-corrected chi connectivity index (χ4v) is 3.25. The molecule has 6 N–H and O–H groups in total. The highest BCUT2D eigenvalue weighted by Gasteiger charge is 2.24. The van der Waals surface area contributed by atoms with Crippen LogP contribution in [0, 0.1) is 18.6 Å². The van der Waals surface area contributed by atoms with Gasteiger partial charge in [0.05, 0.1) is 5.56 Å². The van der Waals surface area contributed by atoms with E-state index in [1.165, 1.54) is 12.1 Å². The van der Waals surface area contributed by atoms with Gasteiger partial charge in [0.2, 0.25) is 0 Å². The number of rotatable bonds is 5. The summed E-state index contributed by atoms with van der Waals surface area (Å²) in [7, 11) is 0. The van der Waals surface area contributed by atoms with Crippen molar-refractivity contribution >= 4 is 23.2 Å². The number of hydrogen-bond donors (Lipinski definition) is 4. The van der Waals surface area contributed by atoms with Crippen LogP contribution in [0.2, 0.25) is 0 Å². The van der Waals surface area contributed by atoms with E-state index in [0.29, 0.717) is 11.3 Å². The van der Waals surface area contributed by atoms with Crippen LogP contribution in [0.3, 0.4) is 0 Å². The first-order valence-electron chi connectivity index (χ1n) is 8.91. The highest BCUT2D eigenvalue weighted by molar-refractivity contribution is 5.98. The largest absolute Gasteiger partial charge is 0.365 e. The summed E-state index contributed by atoms with van der Waals surface area (Å²) in [6, 6.07) is 5.22. The number of halogens is 2. The van der Waals surface area contributed by atoms with Gasteiger partial charge >= 0.3 is 0 Å². The van der Waals surface area contributed by atoms with Gasteiger partial charge in [0.25, 0.3) is 5.91 Å². The van der Waals surface area contributed by atoms with Gasteiger partial charge in [-0.05, 0) is 49.6 Å². The van der Waals surface area contributed by atoms with Crippen LogP contribution >= 0.6 is 0 Å². The second-order valence-electron chi connectivity index (χ2n) is 6.87. The molecule has 0 radical (unpaired) electrons. The van der Waals surface area contributed by atoms with Gasteiger partial charge in [-0.25, -0.2) is 13.8 Å². The highest BCUT2D eigenvalue weighted by Crippen LogP contribution is 2.27. The Kier molecular flexibility index (Phi) is 5.55. The van der Waals surface area contributed by atoms with Crippen LogP contribution in [0.1, 0.15) is 41.6 Å². The number of benzene rings is 1. The quantitative estimate of drug-likeness (QED) is 0.642. The lowest BCUT2D eigenvalue weighted by Crippen LogP contribution is -2.43. The van der Waals surface area contributed by atoms with Crippen LogP contribution in [0.25, 0.3) is 0 Å². The van der Waals surface area contributed by atoms with E-state index in [9.17, 15) is 13.6 Å². The van der Waals surface area contributed by atoms with E-state index in [-0.39, 0.29) is 35.1 Å². The SMILES string of the molecule is Cc1cc(Nc2nc(N[C@@H]3CCCC[C@@H]3N)c(F)cc2C(N)=O)ccc1F. The molecule has 1 aliphatic rings. The van der Waals surface area contributed by atoms with E-state index in [2.05, 4.69) is 15.6 Å². The van der Waals surface area contributed by atoms with Crippen molar-refractivity contribution in [1.82, 2.24) is 4.98 Å². The number of aromatic nitrogens is 1. The molecule has 8 heteroatoms. The Balaban J connectivity index is 1.92. The van der Waals surface area contributed by atoms with Gasteiger partial charge in [0.1, 0.15) is 11.6 Å². The Bertz CT molecular complexity index is 858. The van der Waals surface area contributed by atoms with Gasteiger partial charge in [0, 0.05) is 17.8 Å². The molecule has 0 bridgehead atoms. The number of pyridine rings is 1. The molecule has 1 saturated carbocycles. The summed E-state index contributed by atoms with van der Waals surface area (Å²) in [5.74, 6) is -1.74. The summed E-state index contributed by atoms with van der Waals surface area (Å²) in [6.45, 7) is 1.62. The maximum absolute atomic E-state index is 14.5. The molecule has 1 aliphatic carbocycles. The van der Waals surface area contributed by atoms with E-state index >= 15 is 0 Å². The van der Waals surface area contributed by atoms with Gasteiger partial charge in [-0.15, -0.1) is 0 Å². The van der Waals surface area contributed by atoms with Crippen LogP contribution < -0.4 is 22.1 Å². The van der Waals surface area contributed by atoms with Crippen molar-refractivity contribution in [3.63, 3.8) is 0 Å². The predicted octanol–water partition coefficient (Wildman–Crippen LogP) is 3.19. The van der Waals surface area contributed by atoms with Crippen molar-refractivity contribution in [1.29, 1.82) is 0 Å². The zero-order chi connectivity index (χ0) is 19.6. The van der Waals surface area contributed by atoms with Crippen molar-refractivity contribution in [2.45, 2.75) is 44.7 Å². The second-order valence-corrected chi connectivity index (χ2v) is 6.87. The minimum Gasteiger partial charge on any atom is -0.365 e. The zero-order valence-corrected chi connectivity index (χ0v) is 15.1. The molecular weight excluding hydrogens is 352 g/mol. The van der Waals surface area contributed by atoms with E-state index < -0.39 is 11.7 Å². The highest BCUT2D eigenvalue weighted by atomic mass is 19.1. The third-order valence-electron chi connectivity index (χ3n) is 4.80. The molecule has 0 saturated heterocycles. The average molecular weight is 375 g/mol. The van der Waals surface area contributed by atoms with Gasteiger partial charge in [-0.2, -0.15) is 0 Å². The third kappa shape index (κ3) is 4.33. The smallest absolute Gasteiger partial charge is 0.252 e. The molecule has 0 spiro atoms. The van der Waals surface area contributed by atoms with Crippen molar-refractivity contribution in [2.24, 2.45) is 11.5 Å². The number of carbonyl (C=O) groups is 1. The number of nitrogens with two attached hydrogens (primary N) is 2. The van der Waals surface area contributed by atoms with Crippen molar-refractivity contribution in [3.8, 4) is 0 Å². The van der Waals surface area contributed by atoms with Gasteiger partial charge in [-0.1, -0.05) is 12.8 Å². The van der Waals surface area contributed by atoms with Crippen LogP contribution in [0.5, 0.6) is 0 Å². The van der Waals surface area contributed by atoms with E-state index in [4.69, 9.17) is 11.5 Å². The van der Waals surface area contributed by atoms with E-state index in [1.54, 1.807) is 13.0 Å². The summed E-state index contributed by atoms with van der Waals surface area (Å²) >= 11 is 0. The summed E-state index contributed by atoms with van der Waals surface area (Å²) in [4.78, 5) is 15.9. The van der Waals surface area contributed by atoms with Gasteiger partial charge in [-0.3, -0.25) is 4.79 Å². The predicted molar refractivity (Wildman–Crippen MR) is 101 cm³/mol. The molecule has 144 valence electrons. The standard InChI is InChI=1S/C19H23F2N5O/c1-10-8-11(6-7-13(10)20)24-18-12(17(23)27)9-14(21)19(26-18)25-16-5-3-2-4-15(16)22/h6-9,15-16H,2-5,22H2,1H3,(H2,23,27)(H2,24,25,26)/t15-,16+/m0/s1. The first-order chi connectivity index (χ1) is 12.8. The number of nitrogens with one attached hydrogen (secondary N) is 2. The third-order valence-corrected chi connectivity index (χ3v) is 4.80. The molecule has 2 atom stereocenters. The van der Waals surface area contributed by atoms with Crippen LogP contribution in [-0.2, 0) is 0 Å². The molecule has 1 heterocycles. The second kappa shape index (κ2) is 7.87. The molecule has 27 heavy (non-hydrogen) atoms. The van der Waals surface area contributed by atoms with Crippen molar-refractivity contribution in [2.75, 3.05) is 10.6 Å². The number of hydrogen-bond acceptors (Lipinski definition) is 5. The number of nitrogens with zero attached hydrogens (tertiary/aromatic N) is 1. The first kappa shape index (κ1) is 19.0. The maximum atomic E-state index is 14.5. The Morgan fingerprint density at radius 3 is 2.56 bits per heavy atom. The number of aryl methyl sites for hydroxylation is 1. The number of anilines is 3. The minimum atomic E-state index is -0.816. The first-order valence-corrected chi connectivity index (χ1v) is 8.91. The molecular formula is C19H23F2N5O. The number of amides is 1. The maximum Gasteiger partial charge on any atom is 0.252 e. The monoisotopic (exact) mass is 375 g/mol. The van der Waals surface area contributed by atoms with Crippen molar-refractivity contribution in [3.05, 3.63) is 47.0 Å². The number of carbonyl (C=O) groups excluding carboxylic acids is 1. The van der Waals surface area contributed by atoms with Crippen LogP contribution in [-0.4, -0.2) is 23.0 Å². The van der Waals surface area contributed by atoms with Gasteiger partial charge in [0.15, 0.2) is 11.6 Å². The molecule has 0 aliphatic heterocycles. The molecule has 0 unspecified atom stereocenters. The van der Waals surface area contributed by atoms with Crippen molar-refractivity contribution < 1.29 is 13.6 Å². The normalized spacial score (nSPS) is 19.6. The average Bonchev–Trinajstić information content (AvgIpc) is 2.62. The summed E-state index contributed by atoms with van der Waals surface area (Å²) < 4.78 is 27.9. The number of primary amides is 1. The summed E-state index contributed by atoms with van der Waals surface area (Å²) in [6.07, 6.45) is 3.73. The fraction of sp³-hybridized carbons (Fsp3) is 0.368. The molecule has 2 aromatic rings. The van der Waals surface area contributed by atoms with E-state index in [1.807, 2.05) is 0 Å². The molecule has 1 aromatic carbocycles. The lowest BCUT2D eigenvalue weighted by Gasteiger charge is -2.30. The summed E-state index contributed by atoms with van der Waals surface area (Å²) in [5.41, 5.74) is 12.3. The Morgan fingerprint density at radius 1 is 1.15 bits per heavy atom. The molecule has 1 fully saturated rings. The topological polar surface area (TPSA) is 106 Å². The summed E-state index contributed by atoms with van der Waals surface area (Å²) in [5, 5.41) is 5.97. The zero-order valence-electron chi connectivity index (χ0n) is 15.1. The Hall–Kier alpha value is -2.74. The van der Waals surface area contributed by atoms with Crippen LogP contribution in [0.4, 0.5) is 26.1 Å². The molecule has 6 nitrogen and oxygen atoms in total.